The highest BCUT2D eigenvalue weighted by atomic mass is 16.4. The second-order valence-electron chi connectivity index (χ2n) is 14.1. The molecule has 5 aromatic rings. The van der Waals surface area contributed by atoms with Crippen LogP contribution in [0, 0.1) is 0 Å². The predicted octanol–water partition coefficient (Wildman–Crippen LogP) is -1.10. The van der Waals surface area contributed by atoms with E-state index < -0.39 is 172 Å². The first kappa shape index (κ1) is 47.3. The molecule has 0 unspecified atom stereocenters. The van der Waals surface area contributed by atoms with Gasteiger partial charge < -0.3 is 102 Å². The van der Waals surface area contributed by atoms with Crippen LogP contribution in [-0.2, 0) is 0 Å². The Hall–Kier alpha value is -8.75. The van der Waals surface area contributed by atoms with E-state index in [2.05, 4.69) is 0 Å². The topological polar surface area (TPSA) is 490 Å². The van der Waals surface area contributed by atoms with Crippen LogP contribution in [-0.4, -0.2) is 160 Å². The van der Waals surface area contributed by atoms with Gasteiger partial charge in [-0.2, -0.15) is 0 Å². The monoisotopic (exact) mass is 912 g/mol. The molecule has 25 heteroatoms. The molecule has 5 aromatic carbocycles. The number of benzene rings is 5. The van der Waals surface area contributed by atoms with Crippen molar-refractivity contribution < 1.29 is 126 Å². The first-order chi connectivity index (χ1) is 30.0. The van der Waals surface area contributed by atoms with Gasteiger partial charge >= 0.3 is 0 Å². The van der Waals surface area contributed by atoms with Crippen molar-refractivity contribution in [3.63, 3.8) is 0 Å². The summed E-state index contributed by atoms with van der Waals surface area (Å²) in [6.45, 7) is -2.63. The van der Waals surface area contributed by atoms with Crippen molar-refractivity contribution in [3.05, 3.63) is 88.5 Å². The van der Waals surface area contributed by atoms with Crippen LogP contribution in [0.5, 0.6) is 86.2 Å². The van der Waals surface area contributed by atoms with E-state index in [0.717, 1.165) is 0 Å². The maximum atomic E-state index is 15.3. The van der Waals surface area contributed by atoms with Crippen molar-refractivity contribution >= 4 is 28.9 Å². The van der Waals surface area contributed by atoms with E-state index in [1.54, 1.807) is 0 Å². The van der Waals surface area contributed by atoms with Crippen LogP contribution in [0.3, 0.4) is 0 Å². The number of phenols is 15. The molecule has 65 heavy (non-hydrogen) atoms. The van der Waals surface area contributed by atoms with Crippen molar-refractivity contribution in [2.75, 3.05) is 6.61 Å². The lowest BCUT2D eigenvalue weighted by molar-refractivity contribution is -0.224. The van der Waals surface area contributed by atoms with E-state index in [0.29, 0.717) is 0 Å². The molecule has 0 saturated carbocycles. The van der Waals surface area contributed by atoms with Gasteiger partial charge in [0.1, 0.15) is 0 Å². The Kier molecular flexibility index (Phi) is 11.5. The summed E-state index contributed by atoms with van der Waals surface area (Å²) in [4.78, 5) is 74.9. The van der Waals surface area contributed by atoms with Crippen LogP contribution in [0.2, 0.25) is 0 Å². The molecular weight excluding hydrogens is 880 g/mol. The normalized spacial score (nSPS) is 14.4. The number of phenolic OH excluding ortho intramolecular Hbond substituents is 15. The summed E-state index contributed by atoms with van der Waals surface area (Å²) in [7, 11) is 0. The number of hydrogen-bond acceptors (Lipinski definition) is 25. The minimum atomic E-state index is -5.70. The first-order valence-electron chi connectivity index (χ1n) is 17.5. The first-order valence-corrected chi connectivity index (χ1v) is 17.5. The third-order valence-corrected chi connectivity index (χ3v) is 10.2. The Labute approximate surface area is 358 Å². The molecule has 0 bridgehead atoms. The summed E-state index contributed by atoms with van der Waals surface area (Å²) >= 11 is 0. The Morgan fingerprint density at radius 3 is 0.708 bits per heavy atom. The molecule has 0 amide bonds. The van der Waals surface area contributed by atoms with Gasteiger partial charge in [0, 0.05) is 27.8 Å². The molecule has 0 aliphatic carbocycles. The van der Waals surface area contributed by atoms with Gasteiger partial charge in [-0.3, -0.25) is 24.0 Å². The summed E-state index contributed by atoms with van der Waals surface area (Å²) in [5.41, 5.74) is -29.7. The van der Waals surface area contributed by atoms with E-state index in [4.69, 9.17) is 0 Å². The standard InChI is InChI=1S/C40H32O25/c41-11-37(62,32(57)12-1-17(42)27(52)18(43)2-12)39(64,35(60)15-7-23(48)30(55)24(49)8-15)40(65,36(61)16-9-25(50)31(56)26(51)10-16)38(63,33(58)13-3-19(44)28(53)20(45)4-13)34(59)14-5-21(46)29(54)22(47)6-14/h1-10,41-56,62-65H,11H2/t37-,39+,40-/m0/s1. The summed E-state index contributed by atoms with van der Waals surface area (Å²) in [5.74, 6) is -36.4. The highest BCUT2D eigenvalue weighted by molar-refractivity contribution is 6.31. The molecule has 25 nitrogen and oxygen atoms in total. The molecule has 0 radical (unpaired) electrons. The molecular formula is C40H32O25. The Morgan fingerprint density at radius 1 is 0.308 bits per heavy atom. The molecule has 0 aromatic heterocycles. The number of hydrogen-bond donors (Lipinski definition) is 20. The summed E-state index contributed by atoms with van der Waals surface area (Å²) in [6, 6.07) is 0.441. The van der Waals surface area contributed by atoms with E-state index in [9.17, 15) is 117 Å². The van der Waals surface area contributed by atoms with E-state index >= 15 is 9.59 Å². The van der Waals surface area contributed by atoms with Crippen molar-refractivity contribution in [1.29, 1.82) is 0 Å². The van der Waals surface area contributed by atoms with Crippen LogP contribution in [0.1, 0.15) is 51.8 Å². The van der Waals surface area contributed by atoms with Gasteiger partial charge in [0.05, 0.1) is 6.61 Å². The second kappa shape index (κ2) is 15.9. The third-order valence-electron chi connectivity index (χ3n) is 10.2. The Bertz CT molecular complexity index is 2700. The number of aliphatic hydroxyl groups excluding tert-OH is 1. The van der Waals surface area contributed by atoms with Gasteiger partial charge in [0.2, 0.25) is 45.7 Å². The number of Topliss-reactive ketones (excluding diaryl/α,β-unsaturated/α-hetero) is 5. The molecule has 342 valence electrons. The average Bonchev–Trinajstić information content (AvgIpc) is 3.26. The molecule has 20 N–H and O–H groups in total. The maximum Gasteiger partial charge on any atom is 0.230 e. The van der Waals surface area contributed by atoms with Crippen molar-refractivity contribution in [1.82, 2.24) is 0 Å². The number of aliphatic hydroxyl groups is 5. The second-order valence-corrected chi connectivity index (χ2v) is 14.1. The molecule has 0 fully saturated rings. The number of aromatic hydroxyl groups is 15. The number of carbonyl (C=O) groups is 5. The SMILES string of the molecule is O=C(c1cc(O)c(O)c(O)c1)C(O)(C(=O)c1cc(O)c(O)c(O)c1)[C@@](O)(C(=O)c1cc(O)c(O)c(O)c1)[C@@](O)(C(=O)c1cc(O)c(O)c(O)c1)[C@](O)(CO)C(=O)c1cc(O)c(O)c(O)c1. The van der Waals surface area contributed by atoms with Gasteiger partial charge in [-0.15, -0.1) is 0 Å². The Balaban J connectivity index is 2.14. The van der Waals surface area contributed by atoms with Crippen molar-refractivity contribution in [2.24, 2.45) is 0 Å². The van der Waals surface area contributed by atoms with Crippen LogP contribution in [0.4, 0.5) is 0 Å². The van der Waals surface area contributed by atoms with Crippen molar-refractivity contribution in [2.45, 2.75) is 22.4 Å². The highest BCUT2D eigenvalue weighted by Crippen LogP contribution is 2.52. The van der Waals surface area contributed by atoms with Crippen molar-refractivity contribution in [3.8, 4) is 86.2 Å². The molecule has 0 saturated heterocycles. The van der Waals surface area contributed by atoms with Crippen LogP contribution in [0.15, 0.2) is 60.7 Å². The van der Waals surface area contributed by atoms with Gasteiger partial charge in [0.15, 0.2) is 91.8 Å². The minimum absolute atomic E-state index is 0.00682. The lowest BCUT2D eigenvalue weighted by Gasteiger charge is -2.53. The van der Waals surface area contributed by atoms with Crippen LogP contribution < -0.4 is 0 Å². The fraction of sp³-hybridized carbons (Fsp3) is 0.125. The van der Waals surface area contributed by atoms with E-state index in [1.807, 2.05) is 0 Å². The average molecular weight is 913 g/mol. The molecule has 0 spiro atoms. The van der Waals surface area contributed by atoms with Crippen LogP contribution in [0.25, 0.3) is 0 Å². The largest absolute Gasteiger partial charge is 0.504 e. The zero-order chi connectivity index (χ0) is 49.2. The fourth-order valence-electron chi connectivity index (χ4n) is 6.77. The zero-order valence-corrected chi connectivity index (χ0v) is 32.0. The fourth-order valence-corrected chi connectivity index (χ4v) is 6.77. The number of ketones is 5. The van der Waals surface area contributed by atoms with E-state index in [1.165, 1.54) is 0 Å². The lowest BCUT2D eigenvalue weighted by Crippen LogP contribution is -2.86. The Morgan fingerprint density at radius 2 is 0.492 bits per heavy atom. The molecule has 0 heterocycles. The zero-order valence-electron chi connectivity index (χ0n) is 32.0. The lowest BCUT2D eigenvalue weighted by atomic mass is 9.54. The predicted molar refractivity (Wildman–Crippen MR) is 206 cm³/mol. The maximum absolute atomic E-state index is 15.3. The molecule has 5 rings (SSSR count). The van der Waals surface area contributed by atoms with Gasteiger partial charge in [-0.25, -0.2) is 0 Å². The van der Waals surface area contributed by atoms with Crippen LogP contribution >= 0.6 is 0 Å². The number of carbonyl (C=O) groups excluding carboxylic acids is 5. The minimum Gasteiger partial charge on any atom is -0.504 e. The van der Waals surface area contributed by atoms with Gasteiger partial charge in [-0.1, -0.05) is 0 Å². The van der Waals surface area contributed by atoms with Gasteiger partial charge in [0.25, 0.3) is 0 Å². The molecule has 0 aliphatic rings. The molecule has 0 aliphatic heterocycles. The smallest absolute Gasteiger partial charge is 0.230 e. The highest BCUT2D eigenvalue weighted by Gasteiger charge is 2.81. The summed E-state index contributed by atoms with van der Waals surface area (Å²) < 4.78 is 0. The summed E-state index contributed by atoms with van der Waals surface area (Å²) in [5, 5.41) is 216. The number of rotatable bonds is 14. The quantitative estimate of drug-likeness (QED) is 0.0357. The third kappa shape index (κ3) is 6.85. The summed E-state index contributed by atoms with van der Waals surface area (Å²) in [6.07, 6.45) is 0. The molecule has 3 atom stereocenters. The van der Waals surface area contributed by atoms with E-state index in [-0.39, 0.29) is 60.7 Å². The van der Waals surface area contributed by atoms with Gasteiger partial charge in [-0.05, 0) is 60.7 Å².